The molecule has 3 atom stereocenters. The lowest BCUT2D eigenvalue weighted by Crippen LogP contribution is -2.28. The SMILES string of the molecule is C#C[C@H](C)[C@H](OCOC)[C@@H](C)/C=C(/C)I. The van der Waals surface area contributed by atoms with Crippen molar-refractivity contribution in [2.24, 2.45) is 11.8 Å². The second kappa shape index (κ2) is 8.14. The van der Waals surface area contributed by atoms with Crippen LogP contribution in [0.3, 0.4) is 0 Å². The van der Waals surface area contributed by atoms with E-state index in [1.807, 2.05) is 6.92 Å². The summed E-state index contributed by atoms with van der Waals surface area (Å²) < 4.78 is 11.7. The summed E-state index contributed by atoms with van der Waals surface area (Å²) in [5, 5.41) is 0. The molecule has 0 aromatic rings. The van der Waals surface area contributed by atoms with Crippen molar-refractivity contribution in [1.82, 2.24) is 0 Å². The number of terminal acetylenes is 1. The van der Waals surface area contributed by atoms with Crippen LogP contribution in [0.2, 0.25) is 0 Å². The van der Waals surface area contributed by atoms with E-state index in [0.29, 0.717) is 5.92 Å². The van der Waals surface area contributed by atoms with Crippen molar-refractivity contribution < 1.29 is 9.47 Å². The summed E-state index contributed by atoms with van der Waals surface area (Å²) in [4.78, 5) is 0. The van der Waals surface area contributed by atoms with Gasteiger partial charge in [-0.05, 0) is 40.0 Å². The highest BCUT2D eigenvalue weighted by Crippen LogP contribution is 2.20. The number of methoxy groups -OCH3 is 1. The highest BCUT2D eigenvalue weighted by Gasteiger charge is 2.21. The van der Waals surface area contributed by atoms with Crippen LogP contribution in [0, 0.1) is 24.2 Å². The number of rotatable bonds is 6. The smallest absolute Gasteiger partial charge is 0.146 e. The van der Waals surface area contributed by atoms with Crippen LogP contribution in [0.4, 0.5) is 0 Å². The van der Waals surface area contributed by atoms with Crippen LogP contribution in [0.15, 0.2) is 9.66 Å². The number of hydrogen-bond acceptors (Lipinski definition) is 2. The third-order valence-corrected chi connectivity index (χ3v) is 2.50. The number of hydrogen-bond donors (Lipinski definition) is 0. The van der Waals surface area contributed by atoms with Crippen molar-refractivity contribution in [3.8, 4) is 12.3 Å². The van der Waals surface area contributed by atoms with E-state index < -0.39 is 0 Å². The van der Waals surface area contributed by atoms with Crippen LogP contribution in [-0.4, -0.2) is 20.0 Å². The number of ether oxygens (including phenoxy) is 2. The minimum absolute atomic E-state index is 0.0136. The summed E-state index contributed by atoms with van der Waals surface area (Å²) in [6.45, 7) is 6.45. The van der Waals surface area contributed by atoms with Gasteiger partial charge in [0.2, 0.25) is 0 Å². The molecule has 0 bridgehead atoms. The van der Waals surface area contributed by atoms with Crippen LogP contribution in [0.1, 0.15) is 20.8 Å². The monoisotopic (exact) mass is 322 g/mol. The molecule has 0 radical (unpaired) electrons. The van der Waals surface area contributed by atoms with Gasteiger partial charge in [0.15, 0.2) is 0 Å². The molecule has 86 valence electrons. The second-order valence-corrected chi connectivity index (χ2v) is 5.31. The van der Waals surface area contributed by atoms with Gasteiger partial charge in [-0.15, -0.1) is 12.3 Å². The summed E-state index contributed by atoms with van der Waals surface area (Å²) in [5.41, 5.74) is 0. The zero-order valence-corrected chi connectivity index (χ0v) is 11.9. The number of halogens is 1. The highest BCUT2D eigenvalue weighted by molar-refractivity contribution is 14.1. The maximum Gasteiger partial charge on any atom is 0.146 e. The van der Waals surface area contributed by atoms with Crippen LogP contribution < -0.4 is 0 Å². The fraction of sp³-hybridized carbons (Fsp3) is 0.667. The van der Waals surface area contributed by atoms with Crippen LogP contribution in [-0.2, 0) is 9.47 Å². The lowest BCUT2D eigenvalue weighted by molar-refractivity contribution is -0.0935. The minimum Gasteiger partial charge on any atom is -0.359 e. The van der Waals surface area contributed by atoms with Gasteiger partial charge in [-0.1, -0.05) is 13.0 Å². The van der Waals surface area contributed by atoms with E-state index in [1.165, 1.54) is 3.58 Å². The first-order chi connectivity index (χ1) is 7.02. The van der Waals surface area contributed by atoms with Crippen LogP contribution in [0.25, 0.3) is 0 Å². The molecule has 0 N–H and O–H groups in total. The van der Waals surface area contributed by atoms with E-state index in [9.17, 15) is 0 Å². The minimum atomic E-state index is 0.0136. The summed E-state index contributed by atoms with van der Waals surface area (Å²) in [7, 11) is 1.61. The molecular formula is C12H19IO2. The standard InChI is InChI=1S/C12H19IO2/c1-6-9(2)12(15-8-14-5)10(3)7-11(4)13/h1,7,9-10,12H,8H2,2-5H3/b11-7-/t9-,10-,12-/m0/s1. The maximum atomic E-state index is 5.59. The molecule has 0 saturated carbocycles. The number of allylic oxidation sites excluding steroid dienone is 1. The molecular weight excluding hydrogens is 303 g/mol. The predicted molar refractivity (Wildman–Crippen MR) is 71.7 cm³/mol. The van der Waals surface area contributed by atoms with Gasteiger partial charge in [-0.2, -0.15) is 0 Å². The predicted octanol–water partition coefficient (Wildman–Crippen LogP) is 3.22. The molecule has 0 spiro atoms. The molecule has 0 fully saturated rings. The fourth-order valence-electron chi connectivity index (χ4n) is 1.45. The molecule has 0 saturated heterocycles. The van der Waals surface area contributed by atoms with Crippen molar-refractivity contribution in [2.75, 3.05) is 13.9 Å². The van der Waals surface area contributed by atoms with Gasteiger partial charge >= 0.3 is 0 Å². The highest BCUT2D eigenvalue weighted by atomic mass is 127. The molecule has 0 amide bonds. The first kappa shape index (κ1) is 14.9. The normalized spacial score (nSPS) is 18.0. The van der Waals surface area contributed by atoms with Crippen molar-refractivity contribution in [1.29, 1.82) is 0 Å². The third-order valence-electron chi connectivity index (χ3n) is 2.14. The van der Waals surface area contributed by atoms with Crippen molar-refractivity contribution in [3.05, 3.63) is 9.66 Å². The Hall–Kier alpha value is -0.0500. The maximum absolute atomic E-state index is 5.59. The Morgan fingerprint density at radius 2 is 2.13 bits per heavy atom. The zero-order valence-electron chi connectivity index (χ0n) is 9.79. The average molecular weight is 322 g/mol. The van der Waals surface area contributed by atoms with Gasteiger partial charge in [0.25, 0.3) is 0 Å². The van der Waals surface area contributed by atoms with E-state index in [4.69, 9.17) is 15.9 Å². The summed E-state index contributed by atoms with van der Waals surface area (Å²) in [6, 6.07) is 0. The Kier molecular flexibility index (Phi) is 8.12. The van der Waals surface area contributed by atoms with E-state index in [-0.39, 0.29) is 18.8 Å². The van der Waals surface area contributed by atoms with E-state index in [2.05, 4.69) is 48.4 Å². The zero-order chi connectivity index (χ0) is 11.8. The van der Waals surface area contributed by atoms with E-state index in [0.717, 1.165) is 0 Å². The Labute approximate surface area is 107 Å². The molecule has 2 nitrogen and oxygen atoms in total. The Balaban J connectivity index is 4.48. The van der Waals surface area contributed by atoms with Gasteiger partial charge in [-0.25, -0.2) is 0 Å². The molecule has 0 unspecified atom stereocenters. The third kappa shape index (κ3) is 6.18. The summed E-state index contributed by atoms with van der Waals surface area (Å²) in [6.07, 6.45) is 7.59. The molecule has 0 aliphatic heterocycles. The van der Waals surface area contributed by atoms with Crippen LogP contribution in [0.5, 0.6) is 0 Å². The van der Waals surface area contributed by atoms with Crippen molar-refractivity contribution >= 4 is 22.6 Å². The molecule has 0 aromatic carbocycles. The first-order valence-corrected chi connectivity index (χ1v) is 6.01. The summed E-state index contributed by atoms with van der Waals surface area (Å²) >= 11 is 2.29. The molecule has 0 heterocycles. The van der Waals surface area contributed by atoms with Crippen molar-refractivity contribution in [2.45, 2.75) is 26.9 Å². The lowest BCUT2D eigenvalue weighted by atomic mass is 9.93. The lowest BCUT2D eigenvalue weighted by Gasteiger charge is -2.24. The van der Waals surface area contributed by atoms with Gasteiger partial charge < -0.3 is 9.47 Å². The summed E-state index contributed by atoms with van der Waals surface area (Å²) in [5.74, 6) is 3.10. The quantitative estimate of drug-likeness (QED) is 0.425. The molecule has 15 heavy (non-hydrogen) atoms. The van der Waals surface area contributed by atoms with E-state index >= 15 is 0 Å². The van der Waals surface area contributed by atoms with E-state index in [1.54, 1.807) is 7.11 Å². The molecule has 0 aromatic heterocycles. The van der Waals surface area contributed by atoms with Gasteiger partial charge in [0.05, 0.1) is 6.10 Å². The molecule has 0 aliphatic rings. The fourth-order valence-corrected chi connectivity index (χ4v) is 2.02. The van der Waals surface area contributed by atoms with Gasteiger partial charge in [0, 0.05) is 18.9 Å². The average Bonchev–Trinajstić information content (AvgIpc) is 2.16. The Morgan fingerprint density at radius 3 is 2.53 bits per heavy atom. The molecule has 0 aliphatic carbocycles. The Morgan fingerprint density at radius 1 is 1.53 bits per heavy atom. The second-order valence-electron chi connectivity index (χ2n) is 3.61. The topological polar surface area (TPSA) is 18.5 Å². The molecule has 3 heteroatoms. The molecule has 0 rings (SSSR count). The Bertz CT molecular complexity index is 238. The largest absolute Gasteiger partial charge is 0.359 e. The van der Waals surface area contributed by atoms with Gasteiger partial charge in [-0.3, -0.25) is 0 Å². The van der Waals surface area contributed by atoms with Crippen LogP contribution >= 0.6 is 22.6 Å². The van der Waals surface area contributed by atoms with Crippen molar-refractivity contribution in [3.63, 3.8) is 0 Å². The van der Waals surface area contributed by atoms with Gasteiger partial charge in [0.1, 0.15) is 6.79 Å². The first-order valence-electron chi connectivity index (χ1n) is 4.93.